The van der Waals surface area contributed by atoms with Gasteiger partial charge in [-0.05, 0) is 43.3 Å². The molecule has 0 spiro atoms. The molecule has 8 nitrogen and oxygen atoms in total. The van der Waals surface area contributed by atoms with E-state index >= 15 is 0 Å². The van der Waals surface area contributed by atoms with E-state index in [1.54, 1.807) is 35.7 Å². The van der Waals surface area contributed by atoms with Gasteiger partial charge in [0.1, 0.15) is 17.4 Å². The van der Waals surface area contributed by atoms with Crippen LogP contribution in [0, 0.1) is 0 Å². The number of hydrogen-bond donors (Lipinski definition) is 0. The lowest BCUT2D eigenvalue weighted by molar-refractivity contribution is 0.141. The first-order chi connectivity index (χ1) is 16.5. The highest BCUT2D eigenvalue weighted by Crippen LogP contribution is 2.29. The van der Waals surface area contributed by atoms with Crippen molar-refractivity contribution in [3.8, 4) is 5.75 Å². The summed E-state index contributed by atoms with van der Waals surface area (Å²) in [6, 6.07) is 14.6. The second-order valence-corrected chi connectivity index (χ2v) is 10.5. The Labute approximate surface area is 200 Å². The van der Waals surface area contributed by atoms with Crippen molar-refractivity contribution in [1.29, 1.82) is 0 Å². The SMILES string of the molecule is COc1ccc(S(=O)(=O)N2CCN(C(C)c3nc(N4CC=CC4)c4ccccc4n3)CC2)cc1. The molecule has 0 saturated carbocycles. The maximum Gasteiger partial charge on any atom is 0.243 e. The lowest BCUT2D eigenvalue weighted by Gasteiger charge is -2.37. The Morgan fingerprint density at radius 3 is 2.26 bits per heavy atom. The Bertz CT molecular complexity index is 1290. The van der Waals surface area contributed by atoms with Crippen LogP contribution in [0.1, 0.15) is 18.8 Å². The second-order valence-electron chi connectivity index (χ2n) is 8.59. The first kappa shape index (κ1) is 22.8. The molecular formula is C25H29N5O3S. The molecule has 0 radical (unpaired) electrons. The maximum absolute atomic E-state index is 13.1. The predicted molar refractivity (Wildman–Crippen MR) is 133 cm³/mol. The molecule has 3 heterocycles. The zero-order chi connectivity index (χ0) is 23.7. The molecular weight excluding hydrogens is 450 g/mol. The summed E-state index contributed by atoms with van der Waals surface area (Å²) in [6.07, 6.45) is 4.31. The van der Waals surface area contributed by atoms with Gasteiger partial charge in [0.2, 0.25) is 10.0 Å². The fraction of sp³-hybridized carbons (Fsp3) is 0.360. The van der Waals surface area contributed by atoms with Crippen LogP contribution in [0.15, 0.2) is 65.6 Å². The lowest BCUT2D eigenvalue weighted by Crippen LogP contribution is -2.49. The first-order valence-electron chi connectivity index (χ1n) is 11.5. The highest BCUT2D eigenvalue weighted by molar-refractivity contribution is 7.89. The Kier molecular flexibility index (Phi) is 6.24. The number of aromatic nitrogens is 2. The van der Waals surface area contributed by atoms with E-state index in [1.807, 2.05) is 18.2 Å². The minimum Gasteiger partial charge on any atom is -0.497 e. The summed E-state index contributed by atoms with van der Waals surface area (Å²) >= 11 is 0. The fourth-order valence-electron chi connectivity index (χ4n) is 4.55. The molecule has 34 heavy (non-hydrogen) atoms. The molecule has 0 amide bonds. The van der Waals surface area contributed by atoms with Gasteiger partial charge >= 0.3 is 0 Å². The number of fused-ring (bicyclic) bond motifs is 1. The van der Waals surface area contributed by atoms with Crippen LogP contribution >= 0.6 is 0 Å². The number of piperazine rings is 1. The summed E-state index contributed by atoms with van der Waals surface area (Å²) in [4.78, 5) is 14.6. The molecule has 1 atom stereocenters. The lowest BCUT2D eigenvalue weighted by atomic mass is 10.2. The van der Waals surface area contributed by atoms with E-state index in [-0.39, 0.29) is 10.9 Å². The fourth-order valence-corrected chi connectivity index (χ4v) is 5.97. The summed E-state index contributed by atoms with van der Waals surface area (Å²) in [5.41, 5.74) is 0.932. The molecule has 2 aliphatic heterocycles. The van der Waals surface area contributed by atoms with Crippen LogP contribution in [0.25, 0.3) is 10.9 Å². The van der Waals surface area contributed by atoms with Crippen LogP contribution in [-0.4, -0.2) is 74.0 Å². The molecule has 3 aromatic rings. The third kappa shape index (κ3) is 4.26. The van der Waals surface area contributed by atoms with E-state index < -0.39 is 10.0 Å². The van der Waals surface area contributed by atoms with Crippen LogP contribution < -0.4 is 9.64 Å². The largest absolute Gasteiger partial charge is 0.497 e. The average Bonchev–Trinajstić information content (AvgIpc) is 3.42. The minimum atomic E-state index is -3.54. The molecule has 2 aliphatic rings. The molecule has 0 bridgehead atoms. The third-order valence-electron chi connectivity index (χ3n) is 6.61. The van der Waals surface area contributed by atoms with Crippen LogP contribution in [0.5, 0.6) is 5.75 Å². The molecule has 0 aliphatic carbocycles. The Hall–Kier alpha value is -3.01. The molecule has 2 aromatic carbocycles. The number of methoxy groups -OCH3 is 1. The number of benzene rings is 2. The van der Waals surface area contributed by atoms with Gasteiger partial charge < -0.3 is 9.64 Å². The third-order valence-corrected chi connectivity index (χ3v) is 8.52. The summed E-state index contributed by atoms with van der Waals surface area (Å²) in [6.45, 7) is 5.88. The van der Waals surface area contributed by atoms with E-state index in [0.717, 1.165) is 35.6 Å². The number of para-hydroxylation sites is 1. The average molecular weight is 480 g/mol. The normalized spacial score (nSPS) is 18.5. The van der Waals surface area contributed by atoms with E-state index in [4.69, 9.17) is 14.7 Å². The highest BCUT2D eigenvalue weighted by Gasteiger charge is 2.31. The van der Waals surface area contributed by atoms with Crippen LogP contribution in [0.4, 0.5) is 5.82 Å². The Morgan fingerprint density at radius 1 is 0.912 bits per heavy atom. The van der Waals surface area contributed by atoms with Gasteiger partial charge in [0, 0.05) is 44.7 Å². The molecule has 1 aromatic heterocycles. The summed E-state index contributed by atoms with van der Waals surface area (Å²) in [5, 5.41) is 1.05. The first-order valence-corrected chi connectivity index (χ1v) is 13.0. The van der Waals surface area contributed by atoms with Crippen molar-refractivity contribution < 1.29 is 13.2 Å². The zero-order valence-electron chi connectivity index (χ0n) is 19.5. The molecule has 1 saturated heterocycles. The van der Waals surface area contributed by atoms with Gasteiger partial charge in [0.15, 0.2) is 0 Å². The van der Waals surface area contributed by atoms with Crippen molar-refractivity contribution in [2.75, 3.05) is 51.3 Å². The van der Waals surface area contributed by atoms with Crippen LogP contribution in [-0.2, 0) is 10.0 Å². The molecule has 5 rings (SSSR count). The number of ether oxygens (including phenoxy) is 1. The Morgan fingerprint density at radius 2 is 1.59 bits per heavy atom. The number of hydrogen-bond acceptors (Lipinski definition) is 7. The summed E-state index contributed by atoms with van der Waals surface area (Å²) in [7, 11) is -1.98. The van der Waals surface area contributed by atoms with Crippen LogP contribution in [0.3, 0.4) is 0 Å². The topological polar surface area (TPSA) is 78.9 Å². The van der Waals surface area contributed by atoms with Gasteiger partial charge in [-0.15, -0.1) is 0 Å². The van der Waals surface area contributed by atoms with Gasteiger partial charge in [0.05, 0.1) is 23.6 Å². The molecule has 1 unspecified atom stereocenters. The second kappa shape index (κ2) is 9.32. The molecule has 9 heteroatoms. The zero-order valence-corrected chi connectivity index (χ0v) is 20.3. The van der Waals surface area contributed by atoms with Gasteiger partial charge in [-0.3, -0.25) is 4.90 Å². The minimum absolute atomic E-state index is 0.0234. The number of sulfonamides is 1. The van der Waals surface area contributed by atoms with E-state index in [1.165, 1.54) is 0 Å². The monoisotopic (exact) mass is 479 g/mol. The van der Waals surface area contributed by atoms with Crippen LogP contribution in [0.2, 0.25) is 0 Å². The van der Waals surface area contributed by atoms with Crippen molar-refractivity contribution >= 4 is 26.7 Å². The summed E-state index contributed by atoms with van der Waals surface area (Å²) < 4.78 is 32.9. The predicted octanol–water partition coefficient (Wildman–Crippen LogP) is 3.08. The summed E-state index contributed by atoms with van der Waals surface area (Å²) in [5.74, 6) is 2.36. The van der Waals surface area contributed by atoms with E-state index in [0.29, 0.717) is 31.9 Å². The smallest absolute Gasteiger partial charge is 0.243 e. The van der Waals surface area contributed by atoms with E-state index in [9.17, 15) is 8.42 Å². The Balaban J connectivity index is 1.33. The highest BCUT2D eigenvalue weighted by atomic mass is 32.2. The quantitative estimate of drug-likeness (QED) is 0.503. The van der Waals surface area contributed by atoms with Gasteiger partial charge in [0.25, 0.3) is 0 Å². The molecule has 0 N–H and O–H groups in total. The van der Waals surface area contributed by atoms with Crippen molar-refractivity contribution in [3.63, 3.8) is 0 Å². The maximum atomic E-state index is 13.1. The van der Waals surface area contributed by atoms with Crippen molar-refractivity contribution in [3.05, 3.63) is 66.5 Å². The molecule has 178 valence electrons. The number of anilines is 1. The number of rotatable bonds is 6. The molecule has 1 fully saturated rings. The van der Waals surface area contributed by atoms with E-state index in [2.05, 4.69) is 34.9 Å². The van der Waals surface area contributed by atoms with Crippen molar-refractivity contribution in [2.45, 2.75) is 17.9 Å². The van der Waals surface area contributed by atoms with Gasteiger partial charge in [-0.2, -0.15) is 4.31 Å². The van der Waals surface area contributed by atoms with Crippen molar-refractivity contribution in [1.82, 2.24) is 19.2 Å². The van der Waals surface area contributed by atoms with Crippen molar-refractivity contribution in [2.24, 2.45) is 0 Å². The van der Waals surface area contributed by atoms with Gasteiger partial charge in [-0.25, -0.2) is 18.4 Å². The standard InChI is InChI=1S/C25H29N5O3S/c1-19(24-26-23-8-4-3-7-22(23)25(27-24)29-13-5-6-14-29)28-15-17-30(18-16-28)34(31,32)21-11-9-20(33-2)10-12-21/h3-12,19H,13-18H2,1-2H3. The van der Waals surface area contributed by atoms with Gasteiger partial charge in [-0.1, -0.05) is 24.3 Å². The number of nitrogens with zero attached hydrogens (tertiary/aromatic N) is 5.